The first-order valence-electron chi connectivity index (χ1n) is 8.36. The summed E-state index contributed by atoms with van der Waals surface area (Å²) in [7, 11) is 0. The van der Waals surface area contributed by atoms with Crippen LogP contribution in [0.4, 0.5) is 5.69 Å². The van der Waals surface area contributed by atoms with Crippen molar-refractivity contribution in [3.63, 3.8) is 0 Å². The van der Waals surface area contributed by atoms with Gasteiger partial charge in [0.25, 0.3) is 5.91 Å². The first-order chi connectivity index (χ1) is 12.5. The topological polar surface area (TPSA) is 64.6 Å². The number of aryl methyl sites for hydroxylation is 1. The zero-order chi connectivity index (χ0) is 18.9. The fourth-order valence-corrected chi connectivity index (χ4v) is 2.63. The third-order valence-electron chi connectivity index (χ3n) is 3.83. The van der Waals surface area contributed by atoms with Gasteiger partial charge in [0.05, 0.1) is 6.61 Å². The van der Waals surface area contributed by atoms with Gasteiger partial charge in [0.1, 0.15) is 5.75 Å². The number of ether oxygens (including phenoxy) is 2. The third-order valence-corrected chi connectivity index (χ3v) is 4.33. The zero-order valence-corrected chi connectivity index (χ0v) is 16.5. The van der Waals surface area contributed by atoms with Crippen LogP contribution in [0.15, 0.2) is 46.9 Å². The molecule has 26 heavy (non-hydrogen) atoms. The number of rotatable bonds is 8. The number of hydrogen-bond acceptors (Lipinski definition) is 4. The maximum Gasteiger partial charge on any atom is 0.306 e. The molecule has 0 spiro atoms. The van der Waals surface area contributed by atoms with E-state index < -0.39 is 5.97 Å². The average Bonchev–Trinajstić information content (AvgIpc) is 2.61. The maximum atomic E-state index is 11.9. The molecule has 0 radical (unpaired) electrons. The van der Waals surface area contributed by atoms with Crippen molar-refractivity contribution in [2.24, 2.45) is 0 Å². The predicted molar refractivity (Wildman–Crippen MR) is 104 cm³/mol. The van der Waals surface area contributed by atoms with E-state index in [4.69, 9.17) is 9.47 Å². The molecule has 0 atom stereocenters. The van der Waals surface area contributed by atoms with Gasteiger partial charge in [0.15, 0.2) is 6.61 Å². The molecule has 0 saturated heterocycles. The Hall–Kier alpha value is -2.34. The van der Waals surface area contributed by atoms with E-state index in [0.717, 1.165) is 27.0 Å². The van der Waals surface area contributed by atoms with Crippen molar-refractivity contribution in [1.82, 2.24) is 0 Å². The molecule has 0 bridgehead atoms. The second-order valence-corrected chi connectivity index (χ2v) is 6.78. The van der Waals surface area contributed by atoms with Crippen LogP contribution in [-0.4, -0.2) is 25.1 Å². The van der Waals surface area contributed by atoms with E-state index in [1.807, 2.05) is 56.3 Å². The lowest BCUT2D eigenvalue weighted by Crippen LogP contribution is -2.21. The molecule has 2 aromatic carbocycles. The lowest BCUT2D eigenvalue weighted by Gasteiger charge is -2.10. The number of amides is 1. The van der Waals surface area contributed by atoms with E-state index in [9.17, 15) is 9.59 Å². The fraction of sp³-hybridized carbons (Fsp3) is 0.300. The average molecular weight is 420 g/mol. The largest absolute Gasteiger partial charge is 0.494 e. The molecule has 0 fully saturated rings. The first-order valence-corrected chi connectivity index (χ1v) is 9.15. The fourth-order valence-electron chi connectivity index (χ4n) is 2.25. The van der Waals surface area contributed by atoms with E-state index in [-0.39, 0.29) is 18.9 Å². The summed E-state index contributed by atoms with van der Waals surface area (Å²) in [5.41, 5.74) is 2.82. The Morgan fingerprint density at radius 2 is 1.88 bits per heavy atom. The van der Waals surface area contributed by atoms with Gasteiger partial charge in [-0.1, -0.05) is 34.1 Å². The van der Waals surface area contributed by atoms with E-state index in [0.29, 0.717) is 13.0 Å². The number of carbonyl (C=O) groups excluding carboxylic acids is 2. The van der Waals surface area contributed by atoms with Gasteiger partial charge >= 0.3 is 5.97 Å². The van der Waals surface area contributed by atoms with Crippen molar-refractivity contribution in [3.8, 4) is 5.75 Å². The van der Waals surface area contributed by atoms with Crippen molar-refractivity contribution < 1.29 is 19.1 Å². The summed E-state index contributed by atoms with van der Waals surface area (Å²) in [6.45, 7) is 4.02. The molecule has 0 aromatic heterocycles. The number of esters is 1. The second-order valence-electron chi connectivity index (χ2n) is 5.87. The Kier molecular flexibility index (Phi) is 7.66. The summed E-state index contributed by atoms with van der Waals surface area (Å²) in [5.74, 6) is -0.0305. The van der Waals surface area contributed by atoms with E-state index >= 15 is 0 Å². The van der Waals surface area contributed by atoms with Crippen LogP contribution in [0.1, 0.15) is 24.0 Å². The molecule has 6 heteroatoms. The van der Waals surface area contributed by atoms with Gasteiger partial charge < -0.3 is 14.8 Å². The Morgan fingerprint density at radius 1 is 1.12 bits per heavy atom. The quantitative estimate of drug-likeness (QED) is 0.508. The van der Waals surface area contributed by atoms with Crippen LogP contribution in [0.2, 0.25) is 0 Å². The highest BCUT2D eigenvalue weighted by Gasteiger charge is 2.09. The van der Waals surface area contributed by atoms with Gasteiger partial charge in [-0.25, -0.2) is 0 Å². The molecule has 1 amide bonds. The van der Waals surface area contributed by atoms with Crippen molar-refractivity contribution >= 4 is 33.5 Å². The Balaban J connectivity index is 1.65. The highest BCUT2D eigenvalue weighted by Crippen LogP contribution is 2.18. The van der Waals surface area contributed by atoms with Crippen molar-refractivity contribution in [2.45, 2.75) is 26.7 Å². The molecular formula is C20H22BrNO4. The lowest BCUT2D eigenvalue weighted by atomic mass is 10.1. The molecule has 0 saturated carbocycles. The van der Waals surface area contributed by atoms with Crippen molar-refractivity contribution in [2.75, 3.05) is 18.5 Å². The van der Waals surface area contributed by atoms with Crippen LogP contribution in [0, 0.1) is 13.8 Å². The normalized spacial score (nSPS) is 10.3. The minimum Gasteiger partial charge on any atom is -0.494 e. The van der Waals surface area contributed by atoms with E-state index in [1.165, 1.54) is 0 Å². The minimum absolute atomic E-state index is 0.199. The number of benzene rings is 2. The molecule has 0 aliphatic carbocycles. The van der Waals surface area contributed by atoms with E-state index in [1.54, 1.807) is 0 Å². The predicted octanol–water partition coefficient (Wildman–Crippen LogP) is 4.41. The smallest absolute Gasteiger partial charge is 0.306 e. The van der Waals surface area contributed by atoms with Gasteiger partial charge in [-0.15, -0.1) is 0 Å². The van der Waals surface area contributed by atoms with Gasteiger partial charge in [-0.05, 0) is 55.7 Å². The van der Waals surface area contributed by atoms with Gasteiger partial charge in [-0.3, -0.25) is 9.59 Å². The molecule has 0 heterocycles. The maximum absolute atomic E-state index is 11.9. The van der Waals surface area contributed by atoms with Crippen LogP contribution in [0.3, 0.4) is 0 Å². The highest BCUT2D eigenvalue weighted by atomic mass is 79.9. The van der Waals surface area contributed by atoms with Crippen molar-refractivity contribution in [3.05, 3.63) is 58.1 Å². The number of carbonyl (C=O) groups is 2. The van der Waals surface area contributed by atoms with Gasteiger partial charge in [-0.2, -0.15) is 0 Å². The van der Waals surface area contributed by atoms with E-state index in [2.05, 4.69) is 21.2 Å². The summed E-state index contributed by atoms with van der Waals surface area (Å²) < 4.78 is 11.5. The number of hydrogen-bond donors (Lipinski definition) is 1. The summed E-state index contributed by atoms with van der Waals surface area (Å²) in [4.78, 5) is 23.6. The van der Waals surface area contributed by atoms with Crippen LogP contribution in [0.5, 0.6) is 5.75 Å². The Labute approximate surface area is 161 Å². The highest BCUT2D eigenvalue weighted by molar-refractivity contribution is 9.10. The zero-order valence-electron chi connectivity index (χ0n) is 14.9. The summed E-state index contributed by atoms with van der Waals surface area (Å²) in [6, 6.07) is 13.2. The van der Waals surface area contributed by atoms with Crippen LogP contribution >= 0.6 is 15.9 Å². The number of halogens is 1. The van der Waals surface area contributed by atoms with Gasteiger partial charge in [0.2, 0.25) is 0 Å². The molecule has 5 nitrogen and oxygen atoms in total. The molecule has 0 aliphatic rings. The third kappa shape index (κ3) is 6.52. The summed E-state index contributed by atoms with van der Waals surface area (Å²) >= 11 is 3.37. The standard InChI is InChI=1S/C20H22BrNO4/c1-14-6-3-9-18(15(14)2)22-19(23)13-26-20(24)10-5-11-25-17-8-4-7-16(21)12-17/h3-4,6-9,12H,5,10-11,13H2,1-2H3,(H,22,23). The molecular weight excluding hydrogens is 398 g/mol. The molecule has 0 aliphatic heterocycles. The molecule has 2 rings (SSSR count). The number of anilines is 1. The molecule has 1 N–H and O–H groups in total. The van der Waals surface area contributed by atoms with Crippen LogP contribution in [0.25, 0.3) is 0 Å². The molecule has 0 unspecified atom stereocenters. The summed E-state index contributed by atoms with van der Waals surface area (Å²) in [5, 5.41) is 2.76. The number of nitrogens with one attached hydrogen (secondary N) is 1. The molecule has 138 valence electrons. The molecule has 2 aromatic rings. The monoisotopic (exact) mass is 419 g/mol. The van der Waals surface area contributed by atoms with Crippen LogP contribution < -0.4 is 10.1 Å². The summed E-state index contributed by atoms with van der Waals surface area (Å²) in [6.07, 6.45) is 0.717. The Morgan fingerprint density at radius 3 is 2.65 bits per heavy atom. The lowest BCUT2D eigenvalue weighted by molar-refractivity contribution is -0.147. The Bertz CT molecular complexity index is 776. The van der Waals surface area contributed by atoms with Gasteiger partial charge in [0, 0.05) is 16.6 Å². The first kappa shape index (κ1) is 20.0. The van der Waals surface area contributed by atoms with Crippen molar-refractivity contribution in [1.29, 1.82) is 0 Å². The SMILES string of the molecule is Cc1cccc(NC(=O)COC(=O)CCCOc2cccc(Br)c2)c1C. The minimum atomic E-state index is -0.418. The van der Waals surface area contributed by atoms with Crippen LogP contribution in [-0.2, 0) is 14.3 Å². The second kappa shape index (κ2) is 9.97.